The smallest absolute Gasteiger partial charge is 0.307 e. The van der Waals surface area contributed by atoms with E-state index in [2.05, 4.69) is 20.8 Å². The van der Waals surface area contributed by atoms with E-state index in [-0.39, 0.29) is 17.2 Å². The lowest BCUT2D eigenvalue weighted by atomic mass is 9.81. The molecule has 0 bridgehead atoms. The Kier molecular flexibility index (Phi) is 8.57. The van der Waals surface area contributed by atoms with E-state index in [0.717, 1.165) is 22.3 Å². The number of methoxy groups -OCH3 is 1. The van der Waals surface area contributed by atoms with E-state index < -0.39 is 11.9 Å². The quantitative estimate of drug-likeness (QED) is 0.312. The van der Waals surface area contributed by atoms with Crippen molar-refractivity contribution in [3.63, 3.8) is 0 Å². The second kappa shape index (κ2) is 11.4. The number of carboxylic acids is 1. The second-order valence-corrected chi connectivity index (χ2v) is 10.0. The van der Waals surface area contributed by atoms with Crippen LogP contribution in [-0.4, -0.2) is 18.2 Å². The Hall–Kier alpha value is -3.60. The van der Waals surface area contributed by atoms with Crippen molar-refractivity contribution in [2.75, 3.05) is 7.11 Å². The van der Waals surface area contributed by atoms with Crippen LogP contribution in [0.25, 0.3) is 11.1 Å². The molecule has 0 unspecified atom stereocenters. The summed E-state index contributed by atoms with van der Waals surface area (Å²) in [5.41, 5.74) is 3.98. The number of ether oxygens (including phenoxy) is 2. The molecule has 1 N–H and O–H groups in total. The van der Waals surface area contributed by atoms with E-state index in [1.54, 1.807) is 26.2 Å². The maximum atomic E-state index is 14.9. The first-order valence-electron chi connectivity index (χ1n) is 12.1. The van der Waals surface area contributed by atoms with Crippen molar-refractivity contribution in [2.24, 2.45) is 5.92 Å². The van der Waals surface area contributed by atoms with Gasteiger partial charge in [0, 0.05) is 11.5 Å². The molecule has 0 aliphatic carbocycles. The van der Waals surface area contributed by atoms with Crippen LogP contribution >= 0.6 is 0 Å². The van der Waals surface area contributed by atoms with Crippen molar-refractivity contribution in [1.82, 2.24) is 0 Å². The summed E-state index contributed by atoms with van der Waals surface area (Å²) in [4.78, 5) is 11.5. The number of carboxylic acid groups (broad SMARTS) is 1. The zero-order valence-electron chi connectivity index (χ0n) is 21.8. The fourth-order valence-electron chi connectivity index (χ4n) is 4.28. The second-order valence-electron chi connectivity index (χ2n) is 10.0. The molecule has 5 heteroatoms. The molecule has 36 heavy (non-hydrogen) atoms. The maximum Gasteiger partial charge on any atom is 0.307 e. The SMILES string of the molecule is C/C=C\[C@@H](c1ccc(OCc2ccc(C(C)(C)C)c(-c3cc(OC)ccc3F)c2)cc1)[C@H](C)C(=O)O. The normalized spacial score (nSPS) is 13.4. The van der Waals surface area contributed by atoms with Crippen molar-refractivity contribution < 1.29 is 23.8 Å². The number of rotatable bonds is 9. The van der Waals surface area contributed by atoms with Gasteiger partial charge in [-0.05, 0) is 71.0 Å². The summed E-state index contributed by atoms with van der Waals surface area (Å²) in [6.07, 6.45) is 3.78. The van der Waals surface area contributed by atoms with Crippen LogP contribution in [0.15, 0.2) is 72.8 Å². The molecule has 0 fully saturated rings. The number of carbonyl (C=O) groups is 1. The molecule has 4 nitrogen and oxygen atoms in total. The zero-order valence-corrected chi connectivity index (χ0v) is 21.8. The van der Waals surface area contributed by atoms with Gasteiger partial charge >= 0.3 is 5.97 Å². The molecule has 0 heterocycles. The van der Waals surface area contributed by atoms with Gasteiger partial charge in [0.2, 0.25) is 0 Å². The fourth-order valence-corrected chi connectivity index (χ4v) is 4.28. The van der Waals surface area contributed by atoms with Gasteiger partial charge < -0.3 is 14.6 Å². The van der Waals surface area contributed by atoms with Gasteiger partial charge in [0.05, 0.1) is 13.0 Å². The van der Waals surface area contributed by atoms with Gasteiger partial charge in [0.15, 0.2) is 0 Å². The van der Waals surface area contributed by atoms with Crippen LogP contribution in [0.5, 0.6) is 11.5 Å². The van der Waals surface area contributed by atoms with Crippen molar-refractivity contribution in [1.29, 1.82) is 0 Å². The number of allylic oxidation sites excluding steroid dienone is 2. The predicted octanol–water partition coefficient (Wildman–Crippen LogP) is 7.76. The van der Waals surface area contributed by atoms with Crippen LogP contribution in [0.2, 0.25) is 0 Å². The largest absolute Gasteiger partial charge is 0.497 e. The summed E-state index contributed by atoms with van der Waals surface area (Å²) in [6, 6.07) is 18.3. The highest BCUT2D eigenvalue weighted by Gasteiger charge is 2.23. The summed E-state index contributed by atoms with van der Waals surface area (Å²) in [5.74, 6) is -0.616. The molecule has 0 aliphatic rings. The Morgan fingerprint density at radius 2 is 1.67 bits per heavy atom. The number of aliphatic carboxylic acids is 1. The lowest BCUT2D eigenvalue weighted by Crippen LogP contribution is -2.17. The number of hydrogen-bond donors (Lipinski definition) is 1. The number of hydrogen-bond acceptors (Lipinski definition) is 3. The summed E-state index contributed by atoms with van der Waals surface area (Å²) in [6.45, 7) is 10.2. The van der Waals surface area contributed by atoms with E-state index in [4.69, 9.17) is 9.47 Å². The van der Waals surface area contributed by atoms with Gasteiger partial charge in [-0.3, -0.25) is 4.79 Å². The van der Waals surface area contributed by atoms with E-state index in [9.17, 15) is 14.3 Å². The first-order chi connectivity index (χ1) is 17.0. The van der Waals surface area contributed by atoms with Gasteiger partial charge in [-0.15, -0.1) is 0 Å². The topological polar surface area (TPSA) is 55.8 Å². The first-order valence-corrected chi connectivity index (χ1v) is 12.1. The molecule has 0 radical (unpaired) electrons. The number of benzene rings is 3. The molecule has 2 atom stereocenters. The highest BCUT2D eigenvalue weighted by atomic mass is 19.1. The summed E-state index contributed by atoms with van der Waals surface area (Å²) in [7, 11) is 1.57. The summed E-state index contributed by atoms with van der Waals surface area (Å²) >= 11 is 0. The first kappa shape index (κ1) is 27.0. The number of halogens is 1. The van der Waals surface area contributed by atoms with Gasteiger partial charge in [-0.25, -0.2) is 4.39 Å². The molecular formula is C31H35FO4. The van der Waals surface area contributed by atoms with E-state index >= 15 is 0 Å². The fraction of sp³-hybridized carbons (Fsp3) is 0.323. The third-order valence-electron chi connectivity index (χ3n) is 6.35. The molecule has 0 saturated heterocycles. The van der Waals surface area contributed by atoms with Crippen molar-refractivity contribution >= 4 is 5.97 Å². The Morgan fingerprint density at radius 1 is 1.00 bits per heavy atom. The van der Waals surface area contributed by atoms with Crippen LogP contribution < -0.4 is 9.47 Å². The molecule has 190 valence electrons. The van der Waals surface area contributed by atoms with Crippen molar-refractivity contribution in [2.45, 2.75) is 52.6 Å². The van der Waals surface area contributed by atoms with Gasteiger partial charge in [-0.1, -0.05) is 64.1 Å². The van der Waals surface area contributed by atoms with Crippen LogP contribution in [0.4, 0.5) is 4.39 Å². The predicted molar refractivity (Wildman–Crippen MR) is 142 cm³/mol. The lowest BCUT2D eigenvalue weighted by molar-refractivity contribution is -0.141. The lowest BCUT2D eigenvalue weighted by Gasteiger charge is -2.24. The van der Waals surface area contributed by atoms with Gasteiger partial charge in [0.25, 0.3) is 0 Å². The standard InChI is InChI=1S/C31H35FO4/c1-7-8-25(20(2)30(33)34)22-10-12-23(13-11-22)36-19-21-9-15-28(31(3,4)5)26(17-21)27-18-24(35-6)14-16-29(27)32/h7-18,20,25H,19H2,1-6H3,(H,33,34)/b8-7-/t20-,25+/m0/s1. The highest BCUT2D eigenvalue weighted by Crippen LogP contribution is 2.37. The molecule has 3 aromatic rings. The Bertz CT molecular complexity index is 1220. The zero-order chi connectivity index (χ0) is 26.5. The average molecular weight is 491 g/mol. The highest BCUT2D eigenvalue weighted by molar-refractivity contribution is 5.72. The minimum absolute atomic E-state index is 0.184. The minimum atomic E-state index is -0.833. The van der Waals surface area contributed by atoms with E-state index in [1.165, 1.54) is 6.07 Å². The molecule has 3 aromatic carbocycles. The monoisotopic (exact) mass is 490 g/mol. The summed E-state index contributed by atoms with van der Waals surface area (Å²) in [5, 5.41) is 9.44. The van der Waals surface area contributed by atoms with Crippen molar-refractivity contribution in [3.8, 4) is 22.6 Å². The average Bonchev–Trinajstić information content (AvgIpc) is 2.85. The van der Waals surface area contributed by atoms with Crippen LogP contribution in [0.1, 0.15) is 57.2 Å². The Balaban J connectivity index is 1.86. The Labute approximate surface area is 213 Å². The molecule has 0 saturated carbocycles. The molecule has 0 spiro atoms. The Morgan fingerprint density at radius 3 is 2.25 bits per heavy atom. The molecule has 0 aliphatic heterocycles. The van der Waals surface area contributed by atoms with E-state index in [1.807, 2.05) is 61.5 Å². The third kappa shape index (κ3) is 6.34. The maximum absolute atomic E-state index is 14.9. The van der Waals surface area contributed by atoms with Crippen LogP contribution in [0, 0.1) is 11.7 Å². The third-order valence-corrected chi connectivity index (χ3v) is 6.35. The summed E-state index contributed by atoms with van der Waals surface area (Å²) < 4.78 is 26.2. The molecule has 0 aromatic heterocycles. The molecule has 3 rings (SSSR count). The van der Waals surface area contributed by atoms with Crippen LogP contribution in [0.3, 0.4) is 0 Å². The van der Waals surface area contributed by atoms with Gasteiger partial charge in [-0.2, -0.15) is 0 Å². The van der Waals surface area contributed by atoms with Crippen LogP contribution in [-0.2, 0) is 16.8 Å². The van der Waals surface area contributed by atoms with Crippen molar-refractivity contribution in [3.05, 3.63) is 95.3 Å². The van der Waals surface area contributed by atoms with Gasteiger partial charge in [0.1, 0.15) is 23.9 Å². The van der Waals surface area contributed by atoms with E-state index in [0.29, 0.717) is 23.7 Å². The molecule has 0 amide bonds. The molecular weight excluding hydrogens is 455 g/mol. The minimum Gasteiger partial charge on any atom is -0.497 e.